The summed E-state index contributed by atoms with van der Waals surface area (Å²) in [5, 5.41) is 2.84. The standard InChI is InChI=1S/C21H16N2O2S/c1-13-6-5-7-16(10-13)23-20(24)18-9-4-3-8-17(18)19(21(23)25)11-15-12-26-14(2)22-15/h3-12H,1-2H3/b19-11-. The fraction of sp³-hybridized carbons (Fsp3) is 0.0952. The number of amides is 2. The van der Waals surface area contributed by atoms with Crippen LogP contribution in [-0.4, -0.2) is 16.8 Å². The first-order valence-corrected chi connectivity index (χ1v) is 9.11. The van der Waals surface area contributed by atoms with Gasteiger partial charge in [0.25, 0.3) is 11.8 Å². The fourth-order valence-electron chi connectivity index (χ4n) is 3.09. The van der Waals surface area contributed by atoms with E-state index in [-0.39, 0.29) is 11.8 Å². The lowest BCUT2D eigenvalue weighted by atomic mass is 9.92. The molecule has 0 saturated heterocycles. The van der Waals surface area contributed by atoms with Crippen molar-refractivity contribution >= 4 is 40.5 Å². The molecule has 3 aromatic rings. The third kappa shape index (κ3) is 2.76. The number of imide groups is 1. The molecule has 26 heavy (non-hydrogen) atoms. The van der Waals surface area contributed by atoms with Gasteiger partial charge in [0.2, 0.25) is 0 Å². The summed E-state index contributed by atoms with van der Waals surface area (Å²) in [5.74, 6) is -0.632. The molecule has 2 amide bonds. The minimum atomic E-state index is -0.329. The molecule has 0 radical (unpaired) electrons. The summed E-state index contributed by atoms with van der Waals surface area (Å²) in [6.45, 7) is 3.86. The van der Waals surface area contributed by atoms with Crippen LogP contribution in [0.5, 0.6) is 0 Å². The topological polar surface area (TPSA) is 50.3 Å². The Labute approximate surface area is 155 Å². The summed E-state index contributed by atoms with van der Waals surface area (Å²) in [7, 11) is 0. The van der Waals surface area contributed by atoms with Crippen molar-refractivity contribution in [2.75, 3.05) is 4.90 Å². The van der Waals surface area contributed by atoms with Gasteiger partial charge in [-0.25, -0.2) is 9.88 Å². The van der Waals surface area contributed by atoms with E-state index in [1.165, 1.54) is 16.2 Å². The fourth-order valence-corrected chi connectivity index (χ4v) is 3.66. The number of aryl methyl sites for hydroxylation is 2. The van der Waals surface area contributed by atoms with Gasteiger partial charge in [0.1, 0.15) is 0 Å². The molecule has 2 aromatic carbocycles. The Morgan fingerprint density at radius 2 is 1.73 bits per heavy atom. The third-order valence-electron chi connectivity index (χ3n) is 4.27. The zero-order valence-corrected chi connectivity index (χ0v) is 15.2. The van der Waals surface area contributed by atoms with Gasteiger partial charge in [-0.15, -0.1) is 11.3 Å². The highest BCUT2D eigenvalue weighted by Crippen LogP contribution is 2.33. The Hall–Kier alpha value is -3.05. The number of fused-ring (bicyclic) bond motifs is 1. The predicted molar refractivity (Wildman–Crippen MR) is 104 cm³/mol. The van der Waals surface area contributed by atoms with Crippen molar-refractivity contribution in [3.05, 3.63) is 81.3 Å². The van der Waals surface area contributed by atoms with Crippen molar-refractivity contribution in [3.63, 3.8) is 0 Å². The summed E-state index contributed by atoms with van der Waals surface area (Å²) in [4.78, 5) is 31.9. The first-order valence-electron chi connectivity index (χ1n) is 8.23. The SMILES string of the molecule is Cc1cccc(N2C(=O)/C(=C\c3csc(C)n3)c3ccccc3C2=O)c1. The molecule has 4 rings (SSSR count). The van der Waals surface area contributed by atoms with E-state index < -0.39 is 0 Å². The summed E-state index contributed by atoms with van der Waals surface area (Å²) in [5.41, 5.74) is 3.94. The Morgan fingerprint density at radius 1 is 0.962 bits per heavy atom. The van der Waals surface area contributed by atoms with Crippen LogP contribution in [0.4, 0.5) is 5.69 Å². The summed E-state index contributed by atoms with van der Waals surface area (Å²) >= 11 is 1.53. The molecule has 0 N–H and O–H groups in total. The lowest BCUT2D eigenvalue weighted by Crippen LogP contribution is -2.41. The normalized spacial score (nSPS) is 15.5. The molecule has 1 aliphatic heterocycles. The van der Waals surface area contributed by atoms with Gasteiger partial charge in [0.05, 0.1) is 22.0 Å². The largest absolute Gasteiger partial charge is 0.268 e. The van der Waals surface area contributed by atoms with Gasteiger partial charge >= 0.3 is 0 Å². The maximum Gasteiger partial charge on any atom is 0.266 e. The van der Waals surface area contributed by atoms with Gasteiger partial charge in [-0.2, -0.15) is 0 Å². The highest BCUT2D eigenvalue weighted by molar-refractivity contribution is 7.09. The smallest absolute Gasteiger partial charge is 0.266 e. The number of carbonyl (C=O) groups is 2. The van der Waals surface area contributed by atoms with Gasteiger partial charge in [-0.05, 0) is 43.7 Å². The number of hydrogen-bond acceptors (Lipinski definition) is 4. The van der Waals surface area contributed by atoms with E-state index in [9.17, 15) is 9.59 Å². The maximum atomic E-state index is 13.2. The van der Waals surface area contributed by atoms with Crippen molar-refractivity contribution in [2.45, 2.75) is 13.8 Å². The number of carbonyl (C=O) groups excluding carboxylic acids is 2. The predicted octanol–water partition coefficient (Wildman–Crippen LogP) is 4.49. The Balaban J connectivity index is 1.91. The molecular weight excluding hydrogens is 344 g/mol. The molecule has 0 bridgehead atoms. The molecule has 5 heteroatoms. The van der Waals surface area contributed by atoms with Gasteiger partial charge in [-0.1, -0.05) is 30.3 Å². The first kappa shape index (κ1) is 16.4. The second-order valence-electron chi connectivity index (χ2n) is 6.18. The summed E-state index contributed by atoms with van der Waals surface area (Å²) in [6, 6.07) is 14.6. The van der Waals surface area contributed by atoms with Crippen LogP contribution in [0.25, 0.3) is 11.6 Å². The first-order chi connectivity index (χ1) is 12.5. The average molecular weight is 360 g/mol. The van der Waals surface area contributed by atoms with Gasteiger partial charge < -0.3 is 0 Å². The zero-order valence-electron chi connectivity index (χ0n) is 14.4. The molecule has 0 saturated carbocycles. The molecule has 128 valence electrons. The highest BCUT2D eigenvalue weighted by Gasteiger charge is 2.35. The van der Waals surface area contributed by atoms with E-state index in [4.69, 9.17) is 0 Å². The van der Waals surface area contributed by atoms with Crippen LogP contribution in [0.15, 0.2) is 53.9 Å². The second-order valence-corrected chi connectivity index (χ2v) is 7.24. The number of thiazole rings is 1. The van der Waals surface area contributed by atoms with Gasteiger partial charge in [0.15, 0.2) is 0 Å². The van der Waals surface area contributed by atoms with Crippen molar-refractivity contribution in [3.8, 4) is 0 Å². The minimum absolute atomic E-state index is 0.303. The number of benzene rings is 2. The molecule has 4 nitrogen and oxygen atoms in total. The van der Waals surface area contributed by atoms with Crippen molar-refractivity contribution in [1.29, 1.82) is 0 Å². The second kappa shape index (κ2) is 6.35. The van der Waals surface area contributed by atoms with Crippen LogP contribution in [-0.2, 0) is 4.79 Å². The van der Waals surface area contributed by atoms with E-state index >= 15 is 0 Å². The Morgan fingerprint density at radius 3 is 2.42 bits per heavy atom. The van der Waals surface area contributed by atoms with Crippen molar-refractivity contribution in [1.82, 2.24) is 4.98 Å². The average Bonchev–Trinajstić information content (AvgIpc) is 3.04. The van der Waals surface area contributed by atoms with Gasteiger partial charge in [0, 0.05) is 16.5 Å². The number of anilines is 1. The number of hydrogen-bond donors (Lipinski definition) is 0. The quantitative estimate of drug-likeness (QED) is 0.500. The van der Waals surface area contributed by atoms with E-state index in [0.717, 1.165) is 16.3 Å². The molecule has 0 spiro atoms. The molecule has 0 aliphatic carbocycles. The van der Waals surface area contributed by atoms with Crippen LogP contribution >= 0.6 is 11.3 Å². The monoisotopic (exact) mass is 360 g/mol. The highest BCUT2D eigenvalue weighted by atomic mass is 32.1. The number of rotatable bonds is 2. The Bertz CT molecular complexity index is 1070. The minimum Gasteiger partial charge on any atom is -0.268 e. The van der Waals surface area contributed by atoms with E-state index in [0.29, 0.717) is 22.4 Å². The molecule has 1 aromatic heterocycles. The molecule has 0 fully saturated rings. The van der Waals surface area contributed by atoms with Crippen LogP contribution in [0.1, 0.15) is 32.2 Å². The van der Waals surface area contributed by atoms with Crippen LogP contribution in [0.2, 0.25) is 0 Å². The molecule has 2 heterocycles. The number of aromatic nitrogens is 1. The Kier molecular flexibility index (Phi) is 4.01. The van der Waals surface area contributed by atoms with E-state index in [1.807, 2.05) is 55.6 Å². The zero-order chi connectivity index (χ0) is 18.3. The van der Waals surface area contributed by atoms with E-state index in [2.05, 4.69) is 4.98 Å². The molecule has 0 atom stereocenters. The van der Waals surface area contributed by atoms with E-state index in [1.54, 1.807) is 18.2 Å². The molecular formula is C21H16N2O2S. The van der Waals surface area contributed by atoms with Crippen molar-refractivity contribution < 1.29 is 9.59 Å². The summed E-state index contributed by atoms with van der Waals surface area (Å²) < 4.78 is 0. The summed E-state index contributed by atoms with van der Waals surface area (Å²) in [6.07, 6.45) is 1.76. The van der Waals surface area contributed by atoms with Crippen LogP contribution < -0.4 is 4.90 Å². The lowest BCUT2D eigenvalue weighted by molar-refractivity contribution is -0.112. The third-order valence-corrected chi connectivity index (χ3v) is 5.06. The van der Waals surface area contributed by atoms with Crippen LogP contribution in [0.3, 0.4) is 0 Å². The molecule has 1 aliphatic rings. The van der Waals surface area contributed by atoms with Crippen molar-refractivity contribution in [2.24, 2.45) is 0 Å². The number of nitrogens with zero attached hydrogens (tertiary/aromatic N) is 2. The molecule has 0 unspecified atom stereocenters. The lowest BCUT2D eigenvalue weighted by Gasteiger charge is -2.28. The van der Waals surface area contributed by atoms with Gasteiger partial charge in [-0.3, -0.25) is 9.59 Å². The maximum absolute atomic E-state index is 13.2. The van der Waals surface area contributed by atoms with Crippen LogP contribution in [0, 0.1) is 13.8 Å².